The molecule has 0 bridgehead atoms. The second-order valence-corrected chi connectivity index (χ2v) is 9.52. The maximum atomic E-state index is 13.3. The van der Waals surface area contributed by atoms with Crippen molar-refractivity contribution in [3.63, 3.8) is 0 Å². The van der Waals surface area contributed by atoms with Crippen molar-refractivity contribution < 1.29 is 22.7 Å². The summed E-state index contributed by atoms with van der Waals surface area (Å²) in [6, 6.07) is 21.5. The van der Waals surface area contributed by atoms with Gasteiger partial charge in [0.2, 0.25) is 0 Å². The van der Waals surface area contributed by atoms with Crippen LogP contribution in [0.25, 0.3) is 23.1 Å². The summed E-state index contributed by atoms with van der Waals surface area (Å²) in [7, 11) is 1.27. The Bertz CT molecular complexity index is 1670. The molecule has 2 aromatic heterocycles. The number of benzene rings is 3. The van der Waals surface area contributed by atoms with Gasteiger partial charge in [-0.15, -0.1) is 0 Å². The molecular weight excluding hydrogens is 525 g/mol. The Kier molecular flexibility index (Phi) is 7.38. The summed E-state index contributed by atoms with van der Waals surface area (Å²) < 4.78 is 44.9. The monoisotopic (exact) mass is 546 g/mol. The molecule has 2 N–H and O–H groups in total. The van der Waals surface area contributed by atoms with Crippen LogP contribution in [0.1, 0.15) is 27.3 Å². The third kappa shape index (κ3) is 6.12. The molecule has 0 fully saturated rings. The van der Waals surface area contributed by atoms with Gasteiger partial charge in [-0.2, -0.15) is 18.3 Å². The summed E-state index contributed by atoms with van der Waals surface area (Å²) in [4.78, 5) is 18.9. The van der Waals surface area contributed by atoms with E-state index in [1.54, 1.807) is 30.5 Å². The average molecular weight is 547 g/mol. The molecule has 2 heterocycles. The molecule has 0 atom stereocenters. The van der Waals surface area contributed by atoms with Crippen LogP contribution in [-0.4, -0.2) is 28.2 Å². The van der Waals surface area contributed by atoms with Crippen molar-refractivity contribution in [2.45, 2.75) is 16.0 Å². The van der Waals surface area contributed by atoms with Gasteiger partial charge in [0, 0.05) is 33.1 Å². The molecule has 0 radical (unpaired) electrons. The van der Waals surface area contributed by atoms with Crippen LogP contribution in [0, 0.1) is 0 Å². The first-order valence-corrected chi connectivity index (χ1v) is 12.5. The Morgan fingerprint density at radius 1 is 1.00 bits per heavy atom. The number of ether oxygens (including phenoxy) is 1. The number of nitrogens with zero attached hydrogens (tertiary/aromatic N) is 2. The lowest BCUT2D eigenvalue weighted by Gasteiger charge is -2.14. The van der Waals surface area contributed by atoms with Gasteiger partial charge in [0.15, 0.2) is 0 Å². The van der Waals surface area contributed by atoms with Crippen molar-refractivity contribution in [3.05, 3.63) is 108 Å². The van der Waals surface area contributed by atoms with E-state index in [-0.39, 0.29) is 11.4 Å². The number of nitrogens with one attached hydrogen (secondary N) is 2. The molecule has 6 nitrogen and oxygen atoms in total. The Morgan fingerprint density at radius 2 is 1.82 bits per heavy atom. The van der Waals surface area contributed by atoms with Crippen LogP contribution in [0.4, 0.5) is 18.9 Å². The van der Waals surface area contributed by atoms with E-state index in [1.807, 2.05) is 48.6 Å². The Balaban J connectivity index is 1.37. The third-order valence-corrected chi connectivity index (χ3v) is 6.82. The highest BCUT2D eigenvalue weighted by Crippen LogP contribution is 2.36. The maximum absolute atomic E-state index is 13.3. The summed E-state index contributed by atoms with van der Waals surface area (Å²) in [5.41, 5.74) is 1.79. The molecule has 0 aliphatic carbocycles. The first-order chi connectivity index (χ1) is 18.8. The number of aromatic nitrogens is 3. The van der Waals surface area contributed by atoms with Gasteiger partial charge in [-0.1, -0.05) is 30.0 Å². The molecule has 39 heavy (non-hydrogen) atoms. The fourth-order valence-corrected chi connectivity index (χ4v) is 4.85. The molecule has 1 amide bonds. The largest absolute Gasteiger partial charge is 0.497 e. The molecule has 0 aliphatic rings. The first kappa shape index (κ1) is 26.1. The zero-order valence-corrected chi connectivity index (χ0v) is 21.3. The number of halogens is 3. The number of methoxy groups -OCH3 is 1. The van der Waals surface area contributed by atoms with E-state index in [2.05, 4.69) is 20.5 Å². The average Bonchev–Trinajstić information content (AvgIpc) is 3.34. The van der Waals surface area contributed by atoms with E-state index < -0.39 is 17.6 Å². The van der Waals surface area contributed by atoms with Gasteiger partial charge in [0.05, 0.1) is 35.1 Å². The molecule has 3 aromatic carbocycles. The lowest BCUT2D eigenvalue weighted by Crippen LogP contribution is -2.14. The number of anilines is 1. The predicted molar refractivity (Wildman–Crippen MR) is 146 cm³/mol. The molecule has 0 aliphatic heterocycles. The zero-order valence-electron chi connectivity index (χ0n) is 20.5. The van der Waals surface area contributed by atoms with Crippen LogP contribution in [0.5, 0.6) is 5.75 Å². The van der Waals surface area contributed by atoms with Crippen molar-refractivity contribution in [1.29, 1.82) is 0 Å². The van der Waals surface area contributed by atoms with E-state index in [9.17, 15) is 18.0 Å². The lowest BCUT2D eigenvalue weighted by atomic mass is 10.1. The molecule has 0 spiro atoms. The second-order valence-electron chi connectivity index (χ2n) is 8.40. The highest BCUT2D eigenvalue weighted by Gasteiger charge is 2.31. The van der Waals surface area contributed by atoms with Crippen molar-refractivity contribution in [3.8, 4) is 5.75 Å². The van der Waals surface area contributed by atoms with Crippen molar-refractivity contribution in [2.75, 3.05) is 12.4 Å². The molecule has 5 aromatic rings. The van der Waals surface area contributed by atoms with E-state index in [0.717, 1.165) is 39.3 Å². The van der Waals surface area contributed by atoms with Crippen molar-refractivity contribution >= 4 is 46.4 Å². The SMILES string of the molecule is COc1cc(NC(=O)c2ccccc2Sc2ccc3c(/C=C/c4ccccn4)n[nH]c3c2)cc(C(F)(F)F)c1. The van der Waals surface area contributed by atoms with Crippen LogP contribution in [-0.2, 0) is 6.18 Å². The van der Waals surface area contributed by atoms with E-state index >= 15 is 0 Å². The van der Waals surface area contributed by atoms with Crippen LogP contribution in [0.3, 0.4) is 0 Å². The molecule has 10 heteroatoms. The number of hydrogen-bond donors (Lipinski definition) is 2. The molecule has 5 rings (SSSR count). The van der Waals surface area contributed by atoms with E-state index in [4.69, 9.17) is 4.74 Å². The maximum Gasteiger partial charge on any atom is 0.416 e. The van der Waals surface area contributed by atoms with Gasteiger partial charge >= 0.3 is 6.18 Å². The van der Waals surface area contributed by atoms with Gasteiger partial charge in [0.1, 0.15) is 5.75 Å². The number of rotatable bonds is 7. The van der Waals surface area contributed by atoms with Crippen LogP contribution in [0.15, 0.2) is 94.9 Å². The summed E-state index contributed by atoms with van der Waals surface area (Å²) in [6.45, 7) is 0. The van der Waals surface area contributed by atoms with Gasteiger partial charge < -0.3 is 10.1 Å². The van der Waals surface area contributed by atoms with Gasteiger partial charge in [-0.05, 0) is 66.7 Å². The second kappa shape index (κ2) is 11.0. The van der Waals surface area contributed by atoms with Crippen molar-refractivity contribution in [1.82, 2.24) is 15.2 Å². The Hall–Kier alpha value is -4.57. The minimum absolute atomic E-state index is 0.00936. The van der Waals surface area contributed by atoms with Crippen LogP contribution >= 0.6 is 11.8 Å². The highest BCUT2D eigenvalue weighted by molar-refractivity contribution is 7.99. The molecule has 0 saturated heterocycles. The lowest BCUT2D eigenvalue weighted by molar-refractivity contribution is -0.137. The molecular formula is C29H21F3N4O2S. The zero-order chi connectivity index (χ0) is 27.4. The third-order valence-electron chi connectivity index (χ3n) is 5.75. The number of fused-ring (bicyclic) bond motifs is 1. The molecule has 0 saturated carbocycles. The van der Waals surface area contributed by atoms with Gasteiger partial charge in [-0.25, -0.2) is 0 Å². The quantitative estimate of drug-likeness (QED) is 0.220. The minimum atomic E-state index is -4.58. The van der Waals surface area contributed by atoms with Crippen molar-refractivity contribution in [2.24, 2.45) is 0 Å². The number of pyridine rings is 1. The standard InChI is InChI=1S/C29H21F3N4O2S/c1-38-21-15-18(29(30,31)32)14-20(16-21)34-28(37)24-7-2-3-8-27(24)39-22-10-11-23-25(35-36-26(23)17-22)12-9-19-6-4-5-13-33-19/h2-17H,1H3,(H,34,37)(H,35,36)/b12-9+. The number of amides is 1. The summed E-state index contributed by atoms with van der Waals surface area (Å²) in [5.74, 6) is -0.547. The summed E-state index contributed by atoms with van der Waals surface area (Å²) >= 11 is 1.36. The summed E-state index contributed by atoms with van der Waals surface area (Å²) in [5, 5.41) is 10.9. The van der Waals surface area contributed by atoms with Crippen LogP contribution < -0.4 is 10.1 Å². The topological polar surface area (TPSA) is 79.9 Å². The Morgan fingerprint density at radius 3 is 2.59 bits per heavy atom. The normalized spacial score (nSPS) is 11.7. The smallest absolute Gasteiger partial charge is 0.416 e. The van der Waals surface area contributed by atoms with E-state index in [1.165, 1.54) is 24.9 Å². The number of aromatic amines is 1. The highest BCUT2D eigenvalue weighted by atomic mass is 32.2. The number of alkyl halides is 3. The number of carbonyl (C=O) groups is 1. The number of H-pyrrole nitrogens is 1. The first-order valence-electron chi connectivity index (χ1n) is 11.7. The van der Waals surface area contributed by atoms with Gasteiger partial charge in [0.25, 0.3) is 5.91 Å². The minimum Gasteiger partial charge on any atom is -0.497 e. The predicted octanol–water partition coefficient (Wildman–Crippen LogP) is 7.56. The van der Waals surface area contributed by atoms with Gasteiger partial charge in [-0.3, -0.25) is 14.9 Å². The molecule has 0 unspecified atom stereocenters. The van der Waals surface area contributed by atoms with Crippen LogP contribution in [0.2, 0.25) is 0 Å². The number of carbonyl (C=O) groups excluding carboxylic acids is 1. The van der Waals surface area contributed by atoms with E-state index in [0.29, 0.717) is 10.5 Å². The fourth-order valence-electron chi connectivity index (χ4n) is 3.87. The summed E-state index contributed by atoms with van der Waals surface area (Å²) in [6.07, 6.45) is 0.908. The fraction of sp³-hybridized carbons (Fsp3) is 0.0690. The molecule has 196 valence electrons. The number of hydrogen-bond acceptors (Lipinski definition) is 5. The Labute approximate surface area is 225 Å².